The maximum absolute atomic E-state index is 11.7. The Balaban J connectivity index is 2.32. The molecule has 3 N–H and O–H groups in total. The van der Waals surface area contributed by atoms with Crippen molar-refractivity contribution in [3.63, 3.8) is 0 Å². The van der Waals surface area contributed by atoms with Crippen LogP contribution in [0.5, 0.6) is 0 Å². The lowest BCUT2D eigenvalue weighted by Gasteiger charge is -2.28. The SMILES string of the molecule is C=CCC(N)C(=O)NC1CCC(C(=O)OCC)CC1. The third-order valence-electron chi connectivity index (χ3n) is 3.45. The van der Waals surface area contributed by atoms with Gasteiger partial charge in [0.25, 0.3) is 0 Å². The molecule has 0 aromatic rings. The molecule has 1 aliphatic rings. The van der Waals surface area contributed by atoms with Crippen LogP contribution in [0.1, 0.15) is 39.0 Å². The van der Waals surface area contributed by atoms with Crippen molar-refractivity contribution in [2.45, 2.75) is 51.1 Å². The van der Waals surface area contributed by atoms with Gasteiger partial charge in [0.15, 0.2) is 0 Å². The quantitative estimate of drug-likeness (QED) is 0.559. The number of ether oxygens (including phenoxy) is 1. The maximum Gasteiger partial charge on any atom is 0.308 e. The van der Waals surface area contributed by atoms with Gasteiger partial charge >= 0.3 is 5.97 Å². The normalized spacial score (nSPS) is 24.3. The van der Waals surface area contributed by atoms with Crippen LogP contribution in [0.3, 0.4) is 0 Å². The van der Waals surface area contributed by atoms with Crippen molar-refractivity contribution in [1.29, 1.82) is 0 Å². The molecule has 1 fully saturated rings. The van der Waals surface area contributed by atoms with Crippen LogP contribution >= 0.6 is 0 Å². The van der Waals surface area contributed by atoms with E-state index in [0.29, 0.717) is 13.0 Å². The van der Waals surface area contributed by atoms with E-state index in [1.807, 2.05) is 6.92 Å². The van der Waals surface area contributed by atoms with Crippen LogP contribution in [0.2, 0.25) is 0 Å². The average Bonchev–Trinajstić information content (AvgIpc) is 2.40. The topological polar surface area (TPSA) is 81.4 Å². The van der Waals surface area contributed by atoms with Crippen LogP contribution in [-0.2, 0) is 14.3 Å². The van der Waals surface area contributed by atoms with Gasteiger partial charge in [0.05, 0.1) is 18.6 Å². The highest BCUT2D eigenvalue weighted by Crippen LogP contribution is 2.25. The van der Waals surface area contributed by atoms with Crippen LogP contribution in [0.4, 0.5) is 0 Å². The molecule has 1 aliphatic carbocycles. The predicted molar refractivity (Wildman–Crippen MR) is 73.3 cm³/mol. The zero-order valence-corrected chi connectivity index (χ0v) is 11.6. The molecule has 1 amide bonds. The zero-order chi connectivity index (χ0) is 14.3. The number of esters is 1. The second-order valence-corrected chi connectivity index (χ2v) is 4.94. The number of carbonyl (C=O) groups is 2. The summed E-state index contributed by atoms with van der Waals surface area (Å²) in [4.78, 5) is 23.3. The van der Waals surface area contributed by atoms with Gasteiger partial charge in [0.2, 0.25) is 5.91 Å². The molecule has 0 saturated heterocycles. The van der Waals surface area contributed by atoms with E-state index in [1.165, 1.54) is 0 Å². The number of hydrogen-bond acceptors (Lipinski definition) is 4. The van der Waals surface area contributed by atoms with Crippen LogP contribution in [0.25, 0.3) is 0 Å². The molecule has 108 valence electrons. The first-order chi connectivity index (χ1) is 9.08. The monoisotopic (exact) mass is 268 g/mol. The summed E-state index contributed by atoms with van der Waals surface area (Å²) in [7, 11) is 0. The maximum atomic E-state index is 11.7. The summed E-state index contributed by atoms with van der Waals surface area (Å²) in [5.74, 6) is -0.273. The molecule has 1 rings (SSSR count). The highest BCUT2D eigenvalue weighted by Gasteiger charge is 2.28. The molecule has 5 heteroatoms. The fourth-order valence-electron chi connectivity index (χ4n) is 2.33. The van der Waals surface area contributed by atoms with Crippen molar-refractivity contribution in [2.75, 3.05) is 6.61 Å². The Kier molecular flexibility index (Phi) is 6.56. The summed E-state index contributed by atoms with van der Waals surface area (Å²) in [6.45, 7) is 5.80. The van der Waals surface area contributed by atoms with Crippen molar-refractivity contribution in [3.05, 3.63) is 12.7 Å². The van der Waals surface area contributed by atoms with Crippen molar-refractivity contribution < 1.29 is 14.3 Å². The Labute approximate surface area is 114 Å². The number of amides is 1. The Morgan fingerprint density at radius 2 is 2.05 bits per heavy atom. The van der Waals surface area contributed by atoms with Gasteiger partial charge in [0.1, 0.15) is 0 Å². The fourth-order valence-corrected chi connectivity index (χ4v) is 2.33. The van der Waals surface area contributed by atoms with E-state index in [0.717, 1.165) is 25.7 Å². The predicted octanol–water partition coefficient (Wildman–Crippen LogP) is 1.13. The van der Waals surface area contributed by atoms with E-state index in [-0.39, 0.29) is 23.8 Å². The van der Waals surface area contributed by atoms with Crippen LogP contribution in [-0.4, -0.2) is 30.6 Å². The van der Waals surface area contributed by atoms with E-state index >= 15 is 0 Å². The molecule has 1 saturated carbocycles. The van der Waals surface area contributed by atoms with Gasteiger partial charge in [-0.25, -0.2) is 0 Å². The lowest BCUT2D eigenvalue weighted by atomic mass is 9.86. The summed E-state index contributed by atoms with van der Waals surface area (Å²) in [5.41, 5.74) is 5.70. The van der Waals surface area contributed by atoms with Crippen molar-refractivity contribution in [2.24, 2.45) is 11.7 Å². The third kappa shape index (κ3) is 5.03. The molecule has 0 aromatic carbocycles. The van der Waals surface area contributed by atoms with Crippen LogP contribution in [0.15, 0.2) is 12.7 Å². The second kappa shape index (κ2) is 7.94. The smallest absolute Gasteiger partial charge is 0.308 e. The highest BCUT2D eigenvalue weighted by molar-refractivity contribution is 5.82. The Morgan fingerprint density at radius 3 is 2.58 bits per heavy atom. The van der Waals surface area contributed by atoms with Crippen molar-refractivity contribution in [1.82, 2.24) is 5.32 Å². The average molecular weight is 268 g/mol. The molecule has 0 radical (unpaired) electrons. The molecular weight excluding hydrogens is 244 g/mol. The summed E-state index contributed by atoms with van der Waals surface area (Å²) < 4.78 is 5.01. The molecule has 0 aromatic heterocycles. The van der Waals surface area contributed by atoms with E-state index in [4.69, 9.17) is 10.5 Å². The van der Waals surface area contributed by atoms with E-state index in [2.05, 4.69) is 11.9 Å². The first kappa shape index (κ1) is 15.7. The summed E-state index contributed by atoms with van der Waals surface area (Å²) >= 11 is 0. The van der Waals surface area contributed by atoms with Gasteiger partial charge in [-0.1, -0.05) is 6.08 Å². The molecule has 0 aliphatic heterocycles. The summed E-state index contributed by atoms with van der Waals surface area (Å²) in [6.07, 6.45) is 5.25. The Morgan fingerprint density at radius 1 is 1.42 bits per heavy atom. The first-order valence-corrected chi connectivity index (χ1v) is 6.92. The van der Waals surface area contributed by atoms with E-state index < -0.39 is 6.04 Å². The third-order valence-corrected chi connectivity index (χ3v) is 3.45. The van der Waals surface area contributed by atoms with Gasteiger partial charge in [0, 0.05) is 6.04 Å². The minimum absolute atomic E-state index is 0.0186. The van der Waals surface area contributed by atoms with Crippen LogP contribution in [0, 0.1) is 5.92 Å². The molecule has 0 bridgehead atoms. The van der Waals surface area contributed by atoms with Crippen molar-refractivity contribution >= 4 is 11.9 Å². The minimum atomic E-state index is -0.528. The van der Waals surface area contributed by atoms with Crippen molar-refractivity contribution in [3.8, 4) is 0 Å². The molecule has 0 heterocycles. The van der Waals surface area contributed by atoms with Gasteiger partial charge in [-0.2, -0.15) is 0 Å². The Bertz CT molecular complexity index is 323. The number of nitrogens with one attached hydrogen (secondary N) is 1. The van der Waals surface area contributed by atoms with Gasteiger partial charge in [-0.15, -0.1) is 6.58 Å². The number of hydrogen-bond donors (Lipinski definition) is 2. The number of nitrogens with two attached hydrogens (primary N) is 1. The van der Waals surface area contributed by atoms with Gasteiger partial charge < -0.3 is 15.8 Å². The van der Waals surface area contributed by atoms with Crippen LogP contribution < -0.4 is 11.1 Å². The fraction of sp³-hybridized carbons (Fsp3) is 0.714. The zero-order valence-electron chi connectivity index (χ0n) is 11.6. The lowest BCUT2D eigenvalue weighted by Crippen LogP contribution is -2.46. The number of carbonyl (C=O) groups excluding carboxylic acids is 2. The minimum Gasteiger partial charge on any atom is -0.466 e. The lowest BCUT2D eigenvalue weighted by molar-refractivity contribution is -0.149. The highest BCUT2D eigenvalue weighted by atomic mass is 16.5. The molecule has 19 heavy (non-hydrogen) atoms. The van der Waals surface area contributed by atoms with Gasteiger partial charge in [-0.3, -0.25) is 9.59 Å². The first-order valence-electron chi connectivity index (χ1n) is 6.92. The second-order valence-electron chi connectivity index (χ2n) is 4.94. The largest absolute Gasteiger partial charge is 0.466 e. The summed E-state index contributed by atoms with van der Waals surface area (Å²) in [6, 6.07) is -0.408. The van der Waals surface area contributed by atoms with E-state index in [9.17, 15) is 9.59 Å². The molecule has 1 unspecified atom stereocenters. The van der Waals surface area contributed by atoms with Gasteiger partial charge in [-0.05, 0) is 39.0 Å². The molecular formula is C14H24N2O3. The molecule has 5 nitrogen and oxygen atoms in total. The molecule has 0 spiro atoms. The number of rotatable bonds is 6. The standard InChI is InChI=1S/C14H24N2O3/c1-3-5-12(15)13(17)16-11-8-6-10(7-9-11)14(18)19-4-2/h3,10-12H,1,4-9,15H2,2H3,(H,16,17). The molecule has 1 atom stereocenters. The summed E-state index contributed by atoms with van der Waals surface area (Å²) in [5, 5.41) is 2.93. The van der Waals surface area contributed by atoms with E-state index in [1.54, 1.807) is 6.08 Å². The Hall–Kier alpha value is -1.36.